The first-order chi connectivity index (χ1) is 25.5. The Bertz CT molecular complexity index is 1600. The number of ether oxygens (including phenoxy) is 5. The predicted octanol–water partition coefficient (Wildman–Crippen LogP) is 6.67. The minimum atomic E-state index is -0.329. The highest BCUT2D eigenvalue weighted by Gasteiger charge is 2.36. The van der Waals surface area contributed by atoms with Crippen LogP contribution in [0.1, 0.15) is 62.5 Å². The van der Waals surface area contributed by atoms with Crippen molar-refractivity contribution in [1.29, 1.82) is 0 Å². The molecular weight excluding hydrogens is 658 g/mol. The highest BCUT2D eigenvalue weighted by Crippen LogP contribution is 2.36. The fourth-order valence-electron chi connectivity index (χ4n) is 7.59. The second-order valence-corrected chi connectivity index (χ2v) is 14.5. The van der Waals surface area contributed by atoms with Crippen LogP contribution in [0.3, 0.4) is 0 Å². The standard InChI is InChI=1S/C42H53N3O7/c1-2-48-24-8-21-43-27-36(52-39-12-7-6-11-38(39)43)30-49-40-28-45(42(47)50-29-32-9-4-3-5-10-32)23-20-37(40)33-15-17-34(18-16-33)51-35-19-22-44(26-35)41(46)25-31-13-14-31/h3-7,9-12,15-18,31,35-37,40H,2,8,13-14,19-30H2,1H3. The summed E-state index contributed by atoms with van der Waals surface area (Å²) in [5, 5.41) is 0. The molecule has 0 bridgehead atoms. The van der Waals surface area contributed by atoms with Crippen LogP contribution in [0.4, 0.5) is 10.5 Å². The summed E-state index contributed by atoms with van der Waals surface area (Å²) in [5.41, 5.74) is 3.20. The molecule has 278 valence electrons. The number of nitrogens with zero attached hydrogens (tertiary/aromatic N) is 3. The summed E-state index contributed by atoms with van der Waals surface area (Å²) in [6.45, 7) is 8.07. The van der Waals surface area contributed by atoms with E-state index in [1.54, 1.807) is 4.90 Å². The number of para-hydroxylation sites is 2. The van der Waals surface area contributed by atoms with Gasteiger partial charge in [-0.15, -0.1) is 0 Å². The van der Waals surface area contributed by atoms with Gasteiger partial charge in [0.25, 0.3) is 0 Å². The average Bonchev–Trinajstić information content (AvgIpc) is 3.88. The van der Waals surface area contributed by atoms with Gasteiger partial charge in [-0.25, -0.2) is 4.79 Å². The Morgan fingerprint density at radius 3 is 2.44 bits per heavy atom. The molecule has 2 amide bonds. The summed E-state index contributed by atoms with van der Waals surface area (Å²) in [4.78, 5) is 32.0. The summed E-state index contributed by atoms with van der Waals surface area (Å²) >= 11 is 0. The molecule has 10 heteroatoms. The van der Waals surface area contributed by atoms with E-state index in [1.165, 1.54) is 12.8 Å². The number of hydrogen-bond donors (Lipinski definition) is 0. The second-order valence-electron chi connectivity index (χ2n) is 14.5. The van der Waals surface area contributed by atoms with Crippen molar-refractivity contribution in [3.05, 3.63) is 90.0 Å². The molecule has 2 saturated heterocycles. The van der Waals surface area contributed by atoms with Crippen molar-refractivity contribution in [3.63, 3.8) is 0 Å². The van der Waals surface area contributed by atoms with E-state index in [9.17, 15) is 9.59 Å². The first kappa shape index (κ1) is 36.1. The zero-order chi connectivity index (χ0) is 35.7. The number of benzene rings is 3. The van der Waals surface area contributed by atoms with Gasteiger partial charge < -0.3 is 38.4 Å². The number of carbonyl (C=O) groups is 2. The first-order valence-electron chi connectivity index (χ1n) is 19.2. The highest BCUT2D eigenvalue weighted by atomic mass is 16.6. The molecule has 3 aliphatic heterocycles. The quantitative estimate of drug-likeness (QED) is 0.162. The Morgan fingerprint density at radius 2 is 1.63 bits per heavy atom. The van der Waals surface area contributed by atoms with E-state index in [0.717, 1.165) is 67.3 Å². The van der Waals surface area contributed by atoms with Crippen molar-refractivity contribution in [2.75, 3.05) is 64.0 Å². The normalized spacial score (nSPS) is 22.8. The van der Waals surface area contributed by atoms with Crippen LogP contribution in [0.2, 0.25) is 0 Å². The van der Waals surface area contributed by atoms with E-state index in [1.807, 2.05) is 72.5 Å². The van der Waals surface area contributed by atoms with Crippen molar-refractivity contribution >= 4 is 17.7 Å². The van der Waals surface area contributed by atoms with Crippen LogP contribution in [0.5, 0.6) is 11.5 Å². The number of carbonyl (C=O) groups excluding carboxylic acids is 2. The first-order valence-corrected chi connectivity index (χ1v) is 19.2. The molecule has 7 rings (SSSR count). The Kier molecular flexibility index (Phi) is 12.1. The molecule has 3 aromatic carbocycles. The van der Waals surface area contributed by atoms with E-state index in [4.69, 9.17) is 23.7 Å². The van der Waals surface area contributed by atoms with Gasteiger partial charge in [0.05, 0.1) is 38.0 Å². The maximum atomic E-state index is 13.3. The number of fused-ring (bicyclic) bond motifs is 1. The smallest absolute Gasteiger partial charge is 0.410 e. The molecule has 52 heavy (non-hydrogen) atoms. The lowest BCUT2D eigenvalue weighted by Gasteiger charge is -2.40. The van der Waals surface area contributed by atoms with Gasteiger partial charge >= 0.3 is 6.09 Å². The third kappa shape index (κ3) is 9.58. The molecule has 0 radical (unpaired) electrons. The van der Waals surface area contributed by atoms with Crippen molar-refractivity contribution in [2.45, 2.75) is 76.3 Å². The number of anilines is 1. The lowest BCUT2D eigenvalue weighted by molar-refractivity contribution is -0.130. The zero-order valence-corrected chi connectivity index (χ0v) is 30.4. The number of rotatable bonds is 15. The van der Waals surface area contributed by atoms with Crippen molar-refractivity contribution in [2.24, 2.45) is 5.92 Å². The SMILES string of the molecule is CCOCCCN1CC(COC2CN(C(=O)OCc3ccccc3)CCC2c2ccc(OC3CCN(C(=O)CC4CC4)C3)cc2)Oc2ccccc21. The van der Waals surface area contributed by atoms with E-state index in [0.29, 0.717) is 51.7 Å². The lowest BCUT2D eigenvalue weighted by atomic mass is 9.87. The summed E-state index contributed by atoms with van der Waals surface area (Å²) in [6.07, 6.45) is 4.84. The van der Waals surface area contributed by atoms with E-state index in [2.05, 4.69) is 23.1 Å². The topological polar surface area (TPSA) is 90.0 Å². The second kappa shape index (κ2) is 17.5. The van der Waals surface area contributed by atoms with Crippen LogP contribution in [-0.4, -0.2) is 99.2 Å². The average molecular weight is 712 g/mol. The Labute approximate surface area is 307 Å². The maximum Gasteiger partial charge on any atom is 0.410 e. The number of amides is 2. The monoisotopic (exact) mass is 711 g/mol. The molecule has 10 nitrogen and oxygen atoms in total. The molecule has 1 aliphatic carbocycles. The minimum Gasteiger partial charge on any atom is -0.489 e. The molecule has 4 unspecified atom stereocenters. The summed E-state index contributed by atoms with van der Waals surface area (Å²) in [6, 6.07) is 26.2. The summed E-state index contributed by atoms with van der Waals surface area (Å²) in [5.74, 6) is 2.61. The van der Waals surface area contributed by atoms with Crippen molar-refractivity contribution < 1.29 is 33.3 Å². The van der Waals surface area contributed by atoms with Crippen LogP contribution in [-0.2, 0) is 25.6 Å². The van der Waals surface area contributed by atoms with Crippen LogP contribution in [0.15, 0.2) is 78.9 Å². The van der Waals surface area contributed by atoms with E-state index >= 15 is 0 Å². The fraction of sp³-hybridized carbons (Fsp3) is 0.524. The van der Waals surface area contributed by atoms with Crippen LogP contribution in [0, 0.1) is 5.92 Å². The van der Waals surface area contributed by atoms with Gasteiger partial charge in [0.15, 0.2) is 0 Å². The van der Waals surface area contributed by atoms with Gasteiger partial charge in [-0.05, 0) is 73.9 Å². The van der Waals surface area contributed by atoms with Crippen molar-refractivity contribution in [3.8, 4) is 11.5 Å². The van der Waals surface area contributed by atoms with Gasteiger partial charge in [0.2, 0.25) is 5.91 Å². The van der Waals surface area contributed by atoms with Crippen LogP contribution < -0.4 is 14.4 Å². The van der Waals surface area contributed by atoms with Gasteiger partial charge in [-0.1, -0.05) is 54.6 Å². The summed E-state index contributed by atoms with van der Waals surface area (Å²) < 4.78 is 30.9. The highest BCUT2D eigenvalue weighted by molar-refractivity contribution is 5.77. The molecule has 3 aromatic rings. The molecule has 3 heterocycles. The Hall–Kier alpha value is -4.28. The molecule has 0 N–H and O–H groups in total. The number of hydrogen-bond acceptors (Lipinski definition) is 8. The molecule has 0 spiro atoms. The molecule has 0 aromatic heterocycles. The number of likely N-dealkylation sites (tertiary alicyclic amines) is 2. The maximum absolute atomic E-state index is 13.3. The summed E-state index contributed by atoms with van der Waals surface area (Å²) in [7, 11) is 0. The van der Waals surface area contributed by atoms with Crippen LogP contribution in [0.25, 0.3) is 0 Å². The van der Waals surface area contributed by atoms with E-state index < -0.39 is 0 Å². The number of piperidine rings is 1. The molecule has 4 aliphatic rings. The fourth-order valence-corrected chi connectivity index (χ4v) is 7.59. The molecular formula is C42H53N3O7. The predicted molar refractivity (Wildman–Crippen MR) is 199 cm³/mol. The Balaban J connectivity index is 0.996. The largest absolute Gasteiger partial charge is 0.489 e. The third-order valence-corrected chi connectivity index (χ3v) is 10.6. The molecule has 4 atom stereocenters. The van der Waals surface area contributed by atoms with Crippen LogP contribution >= 0.6 is 0 Å². The minimum absolute atomic E-state index is 0.00887. The zero-order valence-electron chi connectivity index (χ0n) is 30.4. The van der Waals surface area contributed by atoms with E-state index in [-0.39, 0.29) is 42.8 Å². The van der Waals surface area contributed by atoms with Gasteiger partial charge in [-0.2, -0.15) is 0 Å². The lowest BCUT2D eigenvalue weighted by Crippen LogP contribution is -2.49. The Morgan fingerprint density at radius 1 is 0.846 bits per heavy atom. The van der Waals surface area contributed by atoms with Crippen molar-refractivity contribution in [1.82, 2.24) is 9.80 Å². The molecule has 3 fully saturated rings. The van der Waals surface area contributed by atoms with Gasteiger partial charge in [0.1, 0.15) is 30.3 Å². The molecule has 1 saturated carbocycles. The third-order valence-electron chi connectivity index (χ3n) is 10.6. The van der Waals surface area contributed by atoms with Gasteiger partial charge in [-0.3, -0.25) is 4.79 Å². The van der Waals surface area contributed by atoms with Gasteiger partial charge in [0, 0.05) is 51.6 Å².